The summed E-state index contributed by atoms with van der Waals surface area (Å²) in [6.07, 6.45) is 1.68. The average molecular weight is 350 g/mol. The van der Waals surface area contributed by atoms with Crippen molar-refractivity contribution in [1.29, 1.82) is 0 Å². The summed E-state index contributed by atoms with van der Waals surface area (Å²) in [5.74, 6) is 1.03. The van der Waals surface area contributed by atoms with Crippen LogP contribution in [0.2, 0.25) is 0 Å². The largest absolute Gasteiger partial charge is 0.439 e. The number of benzene rings is 1. The minimum atomic E-state index is -0.280. The van der Waals surface area contributed by atoms with Gasteiger partial charge in [0.1, 0.15) is 11.4 Å². The third-order valence-electron chi connectivity index (χ3n) is 3.44. The van der Waals surface area contributed by atoms with Crippen LogP contribution in [-0.2, 0) is 0 Å². The monoisotopic (exact) mass is 350 g/mol. The van der Waals surface area contributed by atoms with Gasteiger partial charge in [0.2, 0.25) is 5.88 Å². The van der Waals surface area contributed by atoms with E-state index in [1.54, 1.807) is 36.5 Å². The van der Waals surface area contributed by atoms with Gasteiger partial charge in [0.25, 0.3) is 5.91 Å². The van der Waals surface area contributed by atoms with Gasteiger partial charge in [0, 0.05) is 30.1 Å². The Kier molecular flexibility index (Phi) is 5.50. The quantitative estimate of drug-likeness (QED) is 0.708. The number of aromatic nitrogens is 3. The van der Waals surface area contributed by atoms with E-state index in [2.05, 4.69) is 20.3 Å². The van der Waals surface area contributed by atoms with Gasteiger partial charge in [-0.15, -0.1) is 0 Å². The van der Waals surface area contributed by atoms with Gasteiger partial charge < -0.3 is 15.2 Å². The molecule has 26 heavy (non-hydrogen) atoms. The highest BCUT2D eigenvalue weighted by atomic mass is 16.5. The fourth-order valence-corrected chi connectivity index (χ4v) is 2.29. The molecular weight excluding hydrogens is 332 g/mol. The number of carbonyl (C=O) groups is 1. The number of aliphatic hydroxyl groups is 1. The summed E-state index contributed by atoms with van der Waals surface area (Å²) in [5.41, 5.74) is 1.83. The van der Waals surface area contributed by atoms with Crippen LogP contribution < -0.4 is 10.1 Å². The molecule has 132 valence electrons. The minimum absolute atomic E-state index is 0.113. The smallest absolute Gasteiger partial charge is 0.251 e. The van der Waals surface area contributed by atoms with Crippen molar-refractivity contribution in [2.75, 3.05) is 13.2 Å². The van der Waals surface area contributed by atoms with Crippen LogP contribution in [0.25, 0.3) is 11.5 Å². The molecule has 1 amide bonds. The molecule has 2 heterocycles. The van der Waals surface area contributed by atoms with E-state index in [-0.39, 0.29) is 19.1 Å². The second kappa shape index (κ2) is 8.17. The van der Waals surface area contributed by atoms with Crippen LogP contribution in [0.4, 0.5) is 0 Å². The number of pyridine rings is 1. The maximum absolute atomic E-state index is 12.0. The minimum Gasteiger partial charge on any atom is -0.439 e. The van der Waals surface area contributed by atoms with Crippen LogP contribution in [0.1, 0.15) is 16.1 Å². The molecule has 0 unspecified atom stereocenters. The first-order valence-electron chi connectivity index (χ1n) is 8.10. The molecule has 0 radical (unpaired) electrons. The number of amides is 1. The lowest BCUT2D eigenvalue weighted by atomic mass is 10.2. The number of ether oxygens (including phenoxy) is 1. The van der Waals surface area contributed by atoms with E-state index in [1.165, 1.54) is 0 Å². The molecule has 0 spiro atoms. The summed E-state index contributed by atoms with van der Waals surface area (Å²) in [7, 11) is 0. The molecule has 0 aliphatic heterocycles. The molecule has 0 saturated carbocycles. The summed E-state index contributed by atoms with van der Waals surface area (Å²) >= 11 is 0. The Bertz CT molecular complexity index is 900. The summed E-state index contributed by atoms with van der Waals surface area (Å²) in [4.78, 5) is 25.0. The van der Waals surface area contributed by atoms with Crippen molar-refractivity contribution < 1.29 is 14.6 Å². The van der Waals surface area contributed by atoms with Gasteiger partial charge in [-0.25, -0.2) is 4.98 Å². The molecule has 1 aromatic carbocycles. The number of nitrogens with zero attached hydrogens (tertiary/aromatic N) is 3. The molecule has 7 heteroatoms. The van der Waals surface area contributed by atoms with Crippen molar-refractivity contribution in [3.8, 4) is 23.1 Å². The van der Waals surface area contributed by atoms with Crippen molar-refractivity contribution in [2.24, 2.45) is 0 Å². The molecule has 3 aromatic rings. The van der Waals surface area contributed by atoms with Crippen LogP contribution in [-0.4, -0.2) is 39.1 Å². The normalized spacial score (nSPS) is 10.4. The summed E-state index contributed by atoms with van der Waals surface area (Å²) < 4.78 is 5.81. The molecule has 7 nitrogen and oxygen atoms in total. The maximum atomic E-state index is 12.0. The standard InChI is InChI=1S/C19H18N4O3/c1-13-11-17(23-18(22-13)16-7-2-3-8-20-16)26-15-6-4-5-14(12-15)19(25)21-9-10-24/h2-8,11-12,24H,9-10H2,1H3,(H,21,25). The number of hydrogen-bond acceptors (Lipinski definition) is 6. The summed E-state index contributed by atoms with van der Waals surface area (Å²) in [5, 5.41) is 11.4. The lowest BCUT2D eigenvalue weighted by Gasteiger charge is -2.09. The van der Waals surface area contributed by atoms with E-state index >= 15 is 0 Å². The number of carbonyl (C=O) groups excluding carboxylic acids is 1. The van der Waals surface area contributed by atoms with Crippen LogP contribution in [0.5, 0.6) is 11.6 Å². The van der Waals surface area contributed by atoms with Gasteiger partial charge in [-0.1, -0.05) is 12.1 Å². The van der Waals surface area contributed by atoms with Crippen LogP contribution in [0, 0.1) is 6.92 Å². The van der Waals surface area contributed by atoms with E-state index in [1.807, 2.05) is 25.1 Å². The van der Waals surface area contributed by atoms with Crippen LogP contribution in [0.15, 0.2) is 54.7 Å². The summed E-state index contributed by atoms with van der Waals surface area (Å²) in [6, 6.07) is 14.0. The molecule has 0 bridgehead atoms. The third kappa shape index (κ3) is 4.40. The zero-order chi connectivity index (χ0) is 18.4. The van der Waals surface area contributed by atoms with E-state index in [0.29, 0.717) is 28.7 Å². The Hall–Kier alpha value is -3.32. The van der Waals surface area contributed by atoms with Crippen LogP contribution in [0.3, 0.4) is 0 Å². The molecule has 0 fully saturated rings. The zero-order valence-corrected chi connectivity index (χ0v) is 14.2. The number of rotatable bonds is 6. The third-order valence-corrected chi connectivity index (χ3v) is 3.44. The first-order chi connectivity index (χ1) is 12.7. The molecule has 3 rings (SSSR count). The number of hydrogen-bond donors (Lipinski definition) is 2. The Morgan fingerprint density at radius 2 is 2.04 bits per heavy atom. The Balaban J connectivity index is 1.83. The van der Waals surface area contributed by atoms with Crippen molar-refractivity contribution in [1.82, 2.24) is 20.3 Å². The van der Waals surface area contributed by atoms with Gasteiger partial charge in [-0.3, -0.25) is 9.78 Å². The van der Waals surface area contributed by atoms with Crippen molar-refractivity contribution in [2.45, 2.75) is 6.92 Å². The molecule has 2 N–H and O–H groups in total. The topological polar surface area (TPSA) is 97.2 Å². The van der Waals surface area contributed by atoms with E-state index in [9.17, 15) is 4.79 Å². The lowest BCUT2D eigenvalue weighted by Crippen LogP contribution is -2.26. The first-order valence-corrected chi connectivity index (χ1v) is 8.10. The zero-order valence-electron chi connectivity index (χ0n) is 14.2. The maximum Gasteiger partial charge on any atom is 0.251 e. The van der Waals surface area contributed by atoms with Gasteiger partial charge in [-0.05, 0) is 37.3 Å². The fourth-order valence-electron chi connectivity index (χ4n) is 2.29. The number of nitrogens with one attached hydrogen (secondary N) is 1. The molecule has 2 aromatic heterocycles. The Morgan fingerprint density at radius 1 is 1.15 bits per heavy atom. The van der Waals surface area contributed by atoms with Gasteiger partial charge in [-0.2, -0.15) is 4.98 Å². The molecule has 0 atom stereocenters. The van der Waals surface area contributed by atoms with Gasteiger partial charge in [0.15, 0.2) is 5.82 Å². The number of aryl methyl sites for hydroxylation is 1. The lowest BCUT2D eigenvalue weighted by molar-refractivity contribution is 0.0944. The SMILES string of the molecule is Cc1cc(Oc2cccc(C(=O)NCCO)c2)nc(-c2ccccn2)n1. The Morgan fingerprint density at radius 3 is 2.81 bits per heavy atom. The van der Waals surface area contributed by atoms with E-state index < -0.39 is 0 Å². The van der Waals surface area contributed by atoms with Gasteiger partial charge >= 0.3 is 0 Å². The molecule has 0 aliphatic rings. The highest BCUT2D eigenvalue weighted by Gasteiger charge is 2.10. The Labute approximate surface area is 150 Å². The van der Waals surface area contributed by atoms with Crippen molar-refractivity contribution >= 4 is 5.91 Å². The van der Waals surface area contributed by atoms with E-state index in [0.717, 1.165) is 5.69 Å². The fraction of sp³-hybridized carbons (Fsp3) is 0.158. The number of aliphatic hydroxyl groups excluding tert-OH is 1. The van der Waals surface area contributed by atoms with Crippen molar-refractivity contribution in [3.05, 3.63) is 66.0 Å². The van der Waals surface area contributed by atoms with Crippen LogP contribution >= 0.6 is 0 Å². The predicted octanol–water partition coefficient (Wildman–Crippen LogP) is 2.36. The molecule has 0 aliphatic carbocycles. The second-order valence-electron chi connectivity index (χ2n) is 5.50. The van der Waals surface area contributed by atoms with Crippen molar-refractivity contribution in [3.63, 3.8) is 0 Å². The average Bonchev–Trinajstić information content (AvgIpc) is 2.66. The molecule has 0 saturated heterocycles. The molecular formula is C19H18N4O3. The van der Waals surface area contributed by atoms with Gasteiger partial charge in [0.05, 0.1) is 6.61 Å². The highest BCUT2D eigenvalue weighted by Crippen LogP contribution is 2.23. The summed E-state index contributed by atoms with van der Waals surface area (Å²) in [6.45, 7) is 1.93. The second-order valence-corrected chi connectivity index (χ2v) is 5.50. The highest BCUT2D eigenvalue weighted by molar-refractivity contribution is 5.94. The predicted molar refractivity (Wildman–Crippen MR) is 95.9 cm³/mol. The van der Waals surface area contributed by atoms with E-state index in [4.69, 9.17) is 9.84 Å². The first kappa shape index (κ1) is 17.5.